The van der Waals surface area contributed by atoms with Crippen molar-refractivity contribution in [1.29, 1.82) is 0 Å². The summed E-state index contributed by atoms with van der Waals surface area (Å²) in [7, 11) is -7.59. The van der Waals surface area contributed by atoms with Gasteiger partial charge >= 0.3 is 20.2 Å². The van der Waals surface area contributed by atoms with Crippen molar-refractivity contribution in [2.75, 3.05) is 32.1 Å². The van der Waals surface area contributed by atoms with E-state index >= 15 is 0 Å². The fraction of sp³-hybridized carbons (Fsp3) is 0.462. The predicted octanol–water partition coefficient (Wildman–Crippen LogP) is -0.705. The largest absolute Gasteiger partial charge is 0.382 e. The van der Waals surface area contributed by atoms with Gasteiger partial charge in [0.05, 0.1) is 19.1 Å². The zero-order valence-corrected chi connectivity index (χ0v) is 14.8. The number of hydrogen-bond acceptors (Lipinski definition) is 8. The third kappa shape index (κ3) is 5.98. The van der Waals surface area contributed by atoms with E-state index in [4.69, 9.17) is 8.37 Å². The monoisotopic (exact) mass is 378 g/mol. The average molecular weight is 378 g/mol. The van der Waals surface area contributed by atoms with Crippen LogP contribution in [0.5, 0.6) is 11.5 Å². The molecule has 0 aliphatic carbocycles. The molecule has 0 spiro atoms. The molecule has 1 amide bonds. The Hall–Kier alpha value is -1.85. The van der Waals surface area contributed by atoms with E-state index in [1.165, 1.54) is 12.1 Å². The maximum Gasteiger partial charge on any atom is 0.306 e. The minimum absolute atomic E-state index is 0.0868. The second-order valence-electron chi connectivity index (χ2n) is 5.38. The van der Waals surface area contributed by atoms with Crippen molar-refractivity contribution in [3.8, 4) is 11.5 Å². The molecule has 1 fully saturated rings. The molecule has 2 rings (SSSR count). The van der Waals surface area contributed by atoms with Crippen molar-refractivity contribution in [1.82, 2.24) is 10.2 Å². The normalized spacial score (nSPS) is 16.1. The molecular formula is C13H18N2O7S2. The molecule has 1 aromatic rings. The number of carbonyl (C=O) groups is 1. The number of nitrogens with one attached hydrogen (secondary N) is 1. The Labute approximate surface area is 140 Å². The highest BCUT2D eigenvalue weighted by Gasteiger charge is 2.19. The third-order valence-corrected chi connectivity index (χ3v) is 3.99. The summed E-state index contributed by atoms with van der Waals surface area (Å²) in [6.45, 7) is 1.52. The van der Waals surface area contributed by atoms with Gasteiger partial charge in [0.2, 0.25) is 5.91 Å². The summed E-state index contributed by atoms with van der Waals surface area (Å²) in [5, 5.41) is 2.94. The highest BCUT2D eigenvalue weighted by Crippen LogP contribution is 2.26. The second-order valence-corrected chi connectivity index (χ2v) is 8.53. The molecule has 0 bridgehead atoms. The molecule has 134 valence electrons. The molecule has 0 atom stereocenters. The molecule has 0 unspecified atom stereocenters. The van der Waals surface area contributed by atoms with Crippen LogP contribution in [-0.4, -0.2) is 59.8 Å². The molecule has 0 saturated carbocycles. The first-order valence-electron chi connectivity index (χ1n) is 6.93. The number of piperazine rings is 1. The van der Waals surface area contributed by atoms with Gasteiger partial charge in [-0.3, -0.25) is 4.79 Å². The molecule has 1 N–H and O–H groups in total. The lowest BCUT2D eigenvalue weighted by Gasteiger charge is -2.27. The Morgan fingerprint density at radius 3 is 2.04 bits per heavy atom. The van der Waals surface area contributed by atoms with Gasteiger partial charge in [0.15, 0.2) is 0 Å². The van der Waals surface area contributed by atoms with Crippen LogP contribution in [0.3, 0.4) is 0 Å². The lowest BCUT2D eigenvalue weighted by atomic mass is 10.1. The molecule has 1 aromatic carbocycles. The first kappa shape index (κ1) is 18.5. The van der Waals surface area contributed by atoms with E-state index < -0.39 is 20.2 Å². The van der Waals surface area contributed by atoms with Gasteiger partial charge < -0.3 is 18.6 Å². The highest BCUT2D eigenvalue weighted by atomic mass is 32.2. The van der Waals surface area contributed by atoms with Crippen molar-refractivity contribution in [3.05, 3.63) is 23.8 Å². The quantitative estimate of drug-likeness (QED) is 0.645. The summed E-state index contributed by atoms with van der Waals surface area (Å²) >= 11 is 0. The van der Waals surface area contributed by atoms with Crippen molar-refractivity contribution in [2.45, 2.75) is 6.54 Å². The van der Waals surface area contributed by atoms with Crippen molar-refractivity contribution in [3.63, 3.8) is 0 Å². The van der Waals surface area contributed by atoms with Crippen LogP contribution in [0.25, 0.3) is 0 Å². The average Bonchev–Trinajstić information content (AvgIpc) is 2.37. The third-order valence-electron chi connectivity index (χ3n) is 3.00. The molecule has 0 radical (unpaired) electrons. The second kappa shape index (κ2) is 6.95. The van der Waals surface area contributed by atoms with Crippen molar-refractivity contribution >= 4 is 26.1 Å². The van der Waals surface area contributed by atoms with Crippen LogP contribution in [0.1, 0.15) is 5.56 Å². The number of amides is 1. The van der Waals surface area contributed by atoms with Crippen LogP contribution < -0.4 is 13.7 Å². The topological polar surface area (TPSA) is 119 Å². The van der Waals surface area contributed by atoms with Crippen LogP contribution in [0.4, 0.5) is 0 Å². The molecule has 1 aliphatic rings. The van der Waals surface area contributed by atoms with Gasteiger partial charge in [0, 0.05) is 25.7 Å². The van der Waals surface area contributed by atoms with Crippen LogP contribution in [0.2, 0.25) is 0 Å². The molecule has 9 nitrogen and oxygen atoms in total. The van der Waals surface area contributed by atoms with Gasteiger partial charge in [-0.25, -0.2) is 0 Å². The zero-order chi connectivity index (χ0) is 18.0. The minimum atomic E-state index is -3.79. The molecule has 1 aliphatic heterocycles. The van der Waals surface area contributed by atoms with Crippen molar-refractivity contribution < 1.29 is 30.0 Å². The first-order valence-corrected chi connectivity index (χ1v) is 10.6. The first-order chi connectivity index (χ1) is 11.0. The van der Waals surface area contributed by atoms with E-state index in [9.17, 15) is 21.6 Å². The van der Waals surface area contributed by atoms with Gasteiger partial charge in [-0.1, -0.05) is 0 Å². The molecule has 0 aromatic heterocycles. The summed E-state index contributed by atoms with van der Waals surface area (Å²) in [4.78, 5) is 13.4. The van der Waals surface area contributed by atoms with Crippen LogP contribution in [0, 0.1) is 0 Å². The van der Waals surface area contributed by atoms with Gasteiger partial charge in [-0.05, 0) is 17.7 Å². The van der Waals surface area contributed by atoms with Crippen LogP contribution in [0.15, 0.2) is 18.2 Å². The summed E-state index contributed by atoms with van der Waals surface area (Å²) in [6, 6.07) is 4.00. The van der Waals surface area contributed by atoms with Gasteiger partial charge in [-0.15, -0.1) is 0 Å². The zero-order valence-electron chi connectivity index (χ0n) is 13.2. The maximum atomic E-state index is 11.8. The van der Waals surface area contributed by atoms with Gasteiger partial charge in [-0.2, -0.15) is 16.8 Å². The van der Waals surface area contributed by atoms with Crippen molar-refractivity contribution in [2.24, 2.45) is 0 Å². The Kier molecular flexibility index (Phi) is 5.35. The molecular weight excluding hydrogens is 360 g/mol. The number of hydrogen-bond donors (Lipinski definition) is 1. The van der Waals surface area contributed by atoms with E-state index in [2.05, 4.69) is 5.32 Å². The SMILES string of the molecule is CS(=O)(=O)Oc1cc(CN2CCNCC2=O)cc(OS(C)(=O)=O)c1. The number of nitrogens with zero attached hydrogens (tertiary/aromatic N) is 1. The van der Waals surface area contributed by atoms with Crippen LogP contribution in [-0.2, 0) is 31.6 Å². The lowest BCUT2D eigenvalue weighted by molar-refractivity contribution is -0.132. The summed E-state index contributed by atoms with van der Waals surface area (Å²) < 4.78 is 54.8. The van der Waals surface area contributed by atoms with E-state index in [0.29, 0.717) is 18.7 Å². The fourth-order valence-corrected chi connectivity index (χ4v) is 3.09. The fourth-order valence-electron chi connectivity index (χ4n) is 2.20. The van der Waals surface area contributed by atoms with E-state index in [0.717, 1.165) is 18.6 Å². The smallest absolute Gasteiger partial charge is 0.306 e. The number of benzene rings is 1. The van der Waals surface area contributed by atoms with Crippen LogP contribution >= 0.6 is 0 Å². The standard InChI is InChI=1S/C13H18N2O7S2/c1-23(17,18)21-11-5-10(6-12(7-11)22-24(2,19)20)9-15-4-3-14-8-13(15)16/h5-7,14H,3-4,8-9H2,1-2H3. The minimum Gasteiger partial charge on any atom is -0.382 e. The Balaban J connectivity index is 2.32. The summed E-state index contributed by atoms with van der Waals surface area (Å²) in [6.07, 6.45) is 1.74. The Morgan fingerprint density at radius 2 is 1.58 bits per heavy atom. The number of carbonyl (C=O) groups excluding carboxylic acids is 1. The number of rotatable bonds is 6. The molecule has 11 heteroatoms. The lowest BCUT2D eigenvalue weighted by Crippen LogP contribution is -2.47. The van der Waals surface area contributed by atoms with Gasteiger partial charge in [0.25, 0.3) is 0 Å². The van der Waals surface area contributed by atoms with E-state index in [-0.39, 0.29) is 30.5 Å². The summed E-state index contributed by atoms with van der Waals surface area (Å²) in [5.74, 6) is -0.284. The van der Waals surface area contributed by atoms with Gasteiger partial charge in [0.1, 0.15) is 11.5 Å². The molecule has 1 saturated heterocycles. The van der Waals surface area contributed by atoms with E-state index in [1.807, 2.05) is 0 Å². The maximum absolute atomic E-state index is 11.8. The highest BCUT2D eigenvalue weighted by molar-refractivity contribution is 7.86. The predicted molar refractivity (Wildman–Crippen MR) is 85.7 cm³/mol. The molecule has 24 heavy (non-hydrogen) atoms. The van der Waals surface area contributed by atoms with E-state index in [1.54, 1.807) is 4.90 Å². The Bertz CT molecular complexity index is 782. The molecule has 1 heterocycles. The Morgan fingerprint density at radius 1 is 1.04 bits per heavy atom. The summed E-state index contributed by atoms with van der Waals surface area (Å²) in [5.41, 5.74) is 0.491.